The zero-order valence-corrected chi connectivity index (χ0v) is 6.85. The predicted octanol–water partition coefficient (Wildman–Crippen LogP) is 0.954. The maximum atomic E-state index is 4.92. The van der Waals surface area contributed by atoms with Crippen molar-refractivity contribution in [2.45, 2.75) is 19.3 Å². The topological polar surface area (TPSA) is 30.5 Å². The predicted molar refractivity (Wildman–Crippen MR) is 40.7 cm³/mol. The molecule has 3 nitrogen and oxygen atoms in total. The second kappa shape index (κ2) is 8.88. The van der Waals surface area contributed by atoms with Crippen LogP contribution in [0.15, 0.2) is 0 Å². The van der Waals surface area contributed by atoms with Gasteiger partial charge in [-0.05, 0) is 19.3 Å². The van der Waals surface area contributed by atoms with Gasteiger partial charge in [-0.15, -0.1) is 0 Å². The number of rotatable bonds is 7. The first-order valence-corrected chi connectivity index (χ1v) is 3.69. The highest BCUT2D eigenvalue weighted by Crippen LogP contribution is 1.94. The quantitative estimate of drug-likeness (QED) is 0.429. The second-order valence-corrected chi connectivity index (χ2v) is 2.11. The Morgan fingerprint density at radius 2 is 1.80 bits per heavy atom. The fourth-order valence-corrected chi connectivity index (χ4v) is 0.699. The summed E-state index contributed by atoms with van der Waals surface area (Å²) in [6.45, 7) is 1.65. The van der Waals surface area contributed by atoms with Gasteiger partial charge in [0.2, 0.25) is 0 Å². The molecule has 0 aromatic rings. The first-order valence-electron chi connectivity index (χ1n) is 3.69. The molecule has 0 rings (SSSR count). The Hall–Kier alpha value is -0.120. The first kappa shape index (κ1) is 9.88. The minimum absolute atomic E-state index is 0.792. The van der Waals surface area contributed by atoms with Crippen LogP contribution in [0, 0.1) is 0 Å². The minimum Gasteiger partial charge on any atom is -0.385 e. The summed E-state index contributed by atoms with van der Waals surface area (Å²) < 4.78 is 4.89. The average molecular weight is 147 g/mol. The number of hydrogen-bond donors (Lipinski definition) is 1. The van der Waals surface area contributed by atoms with E-state index in [4.69, 9.17) is 9.57 Å². The van der Waals surface area contributed by atoms with Gasteiger partial charge in [-0.25, -0.2) is 5.48 Å². The third-order valence-corrected chi connectivity index (χ3v) is 1.24. The lowest BCUT2D eigenvalue weighted by atomic mass is 10.2. The molecule has 0 aliphatic rings. The van der Waals surface area contributed by atoms with E-state index in [1.54, 1.807) is 14.2 Å². The van der Waals surface area contributed by atoms with E-state index in [0.29, 0.717) is 0 Å². The molecule has 0 aliphatic heterocycles. The molecule has 0 fully saturated rings. The summed E-state index contributed by atoms with van der Waals surface area (Å²) in [5.41, 5.74) is 2.63. The van der Waals surface area contributed by atoms with E-state index in [-0.39, 0.29) is 0 Å². The third-order valence-electron chi connectivity index (χ3n) is 1.24. The Labute approximate surface area is 62.7 Å². The molecule has 0 bridgehead atoms. The van der Waals surface area contributed by atoms with E-state index >= 15 is 0 Å². The summed E-state index contributed by atoms with van der Waals surface area (Å²) in [6.07, 6.45) is 3.41. The van der Waals surface area contributed by atoms with Gasteiger partial charge in [0.1, 0.15) is 0 Å². The summed E-state index contributed by atoms with van der Waals surface area (Å²) in [6, 6.07) is 0. The van der Waals surface area contributed by atoms with E-state index in [1.807, 2.05) is 0 Å². The number of hydrogen-bond acceptors (Lipinski definition) is 3. The second-order valence-electron chi connectivity index (χ2n) is 2.11. The van der Waals surface area contributed by atoms with Crippen LogP contribution in [-0.2, 0) is 9.57 Å². The molecule has 0 saturated heterocycles. The molecule has 10 heavy (non-hydrogen) atoms. The van der Waals surface area contributed by atoms with Crippen LogP contribution in [0.1, 0.15) is 19.3 Å². The van der Waals surface area contributed by atoms with Crippen LogP contribution < -0.4 is 5.48 Å². The lowest BCUT2D eigenvalue weighted by molar-refractivity contribution is 0.0540. The van der Waals surface area contributed by atoms with Crippen LogP contribution in [0.2, 0.25) is 0 Å². The summed E-state index contributed by atoms with van der Waals surface area (Å²) in [4.78, 5) is 4.92. The fourth-order valence-electron chi connectivity index (χ4n) is 0.699. The summed E-state index contributed by atoms with van der Waals surface area (Å²) in [7, 11) is 3.50. The molecule has 0 heterocycles. The highest BCUT2D eigenvalue weighted by molar-refractivity contribution is 4.38. The van der Waals surface area contributed by atoms with Crippen molar-refractivity contribution in [1.29, 1.82) is 0 Å². The Balaban J connectivity index is 2.65. The number of unbranched alkanes of at least 4 members (excludes halogenated alkanes) is 2. The Morgan fingerprint density at radius 3 is 2.40 bits per heavy atom. The standard InChI is InChI=1S/C7H17NO2/c1-8-10-7-5-3-4-6-9-2/h8H,3-7H2,1-2H3. The molecule has 3 heteroatoms. The number of nitrogens with one attached hydrogen (secondary N) is 1. The number of ether oxygens (including phenoxy) is 1. The van der Waals surface area contributed by atoms with Crippen molar-refractivity contribution in [2.24, 2.45) is 0 Å². The highest BCUT2D eigenvalue weighted by atomic mass is 16.6. The van der Waals surface area contributed by atoms with Crippen molar-refractivity contribution in [2.75, 3.05) is 27.4 Å². The lowest BCUT2D eigenvalue weighted by Gasteiger charge is -2.00. The molecule has 62 valence electrons. The van der Waals surface area contributed by atoms with Gasteiger partial charge in [-0.1, -0.05) is 0 Å². The highest BCUT2D eigenvalue weighted by Gasteiger charge is 1.87. The van der Waals surface area contributed by atoms with Crippen LogP contribution in [-0.4, -0.2) is 27.4 Å². The van der Waals surface area contributed by atoms with Crippen molar-refractivity contribution in [3.8, 4) is 0 Å². The Bertz CT molecular complexity index is 51.6. The van der Waals surface area contributed by atoms with E-state index in [1.165, 1.54) is 6.42 Å². The molecule has 0 aliphatic carbocycles. The van der Waals surface area contributed by atoms with E-state index in [0.717, 1.165) is 26.1 Å². The molecule has 0 radical (unpaired) electrons. The Kier molecular flexibility index (Phi) is 8.77. The van der Waals surface area contributed by atoms with Crippen molar-refractivity contribution in [1.82, 2.24) is 5.48 Å². The van der Waals surface area contributed by atoms with Crippen LogP contribution in [0.25, 0.3) is 0 Å². The van der Waals surface area contributed by atoms with Gasteiger partial charge in [0.15, 0.2) is 0 Å². The molecule has 0 amide bonds. The van der Waals surface area contributed by atoms with Crippen molar-refractivity contribution in [3.63, 3.8) is 0 Å². The fraction of sp³-hybridized carbons (Fsp3) is 1.00. The van der Waals surface area contributed by atoms with Gasteiger partial charge in [0.25, 0.3) is 0 Å². The normalized spacial score (nSPS) is 10.2. The van der Waals surface area contributed by atoms with Crippen LogP contribution in [0.3, 0.4) is 0 Å². The van der Waals surface area contributed by atoms with Crippen molar-refractivity contribution >= 4 is 0 Å². The molecule has 0 atom stereocenters. The van der Waals surface area contributed by atoms with Crippen LogP contribution >= 0.6 is 0 Å². The molecule has 0 aromatic heterocycles. The molecular formula is C7H17NO2. The monoisotopic (exact) mass is 147 g/mol. The molecule has 1 N–H and O–H groups in total. The first-order chi connectivity index (χ1) is 4.91. The Morgan fingerprint density at radius 1 is 1.10 bits per heavy atom. The van der Waals surface area contributed by atoms with Gasteiger partial charge in [0.05, 0.1) is 6.61 Å². The van der Waals surface area contributed by atoms with E-state index in [2.05, 4.69) is 5.48 Å². The van der Waals surface area contributed by atoms with Crippen molar-refractivity contribution < 1.29 is 9.57 Å². The zero-order valence-electron chi connectivity index (χ0n) is 6.85. The van der Waals surface area contributed by atoms with Gasteiger partial charge < -0.3 is 9.57 Å². The van der Waals surface area contributed by atoms with Gasteiger partial charge >= 0.3 is 0 Å². The SMILES string of the molecule is CNOCCCCCOC. The van der Waals surface area contributed by atoms with Crippen molar-refractivity contribution in [3.05, 3.63) is 0 Å². The van der Waals surface area contributed by atoms with E-state index < -0.39 is 0 Å². The van der Waals surface area contributed by atoms with Gasteiger partial charge in [-0.2, -0.15) is 0 Å². The van der Waals surface area contributed by atoms with E-state index in [9.17, 15) is 0 Å². The molecule has 0 spiro atoms. The molecule has 0 aromatic carbocycles. The van der Waals surface area contributed by atoms with Crippen LogP contribution in [0.4, 0.5) is 0 Å². The number of methoxy groups -OCH3 is 1. The maximum absolute atomic E-state index is 4.92. The maximum Gasteiger partial charge on any atom is 0.0682 e. The lowest BCUT2D eigenvalue weighted by Crippen LogP contribution is -2.08. The largest absolute Gasteiger partial charge is 0.385 e. The minimum atomic E-state index is 0.792. The molecular weight excluding hydrogens is 130 g/mol. The molecule has 0 unspecified atom stereocenters. The zero-order chi connectivity index (χ0) is 7.66. The third kappa shape index (κ3) is 7.88. The summed E-state index contributed by atoms with van der Waals surface area (Å²) >= 11 is 0. The number of hydroxylamine groups is 1. The van der Waals surface area contributed by atoms with Gasteiger partial charge in [0, 0.05) is 20.8 Å². The van der Waals surface area contributed by atoms with Gasteiger partial charge in [-0.3, -0.25) is 0 Å². The average Bonchev–Trinajstić information content (AvgIpc) is 1.97. The van der Waals surface area contributed by atoms with Crippen LogP contribution in [0.5, 0.6) is 0 Å². The smallest absolute Gasteiger partial charge is 0.0682 e. The summed E-state index contributed by atoms with van der Waals surface area (Å²) in [5.74, 6) is 0. The summed E-state index contributed by atoms with van der Waals surface area (Å²) in [5, 5.41) is 0. The molecule has 0 saturated carbocycles.